The van der Waals surface area contributed by atoms with E-state index >= 15 is 0 Å². The highest BCUT2D eigenvalue weighted by Crippen LogP contribution is 2.26. The van der Waals surface area contributed by atoms with Crippen molar-refractivity contribution >= 4 is 23.6 Å². The summed E-state index contributed by atoms with van der Waals surface area (Å²) in [5.74, 6) is 0.0697. The molecular formula is C20H21N5O4S. The number of hydrogen-bond donors (Lipinski definition) is 0. The third-order valence-electron chi connectivity index (χ3n) is 4.94. The number of hydrogen-bond acceptors (Lipinski definition) is 8. The molecule has 0 spiro atoms. The molecular weight excluding hydrogens is 406 g/mol. The number of benzene rings is 1. The summed E-state index contributed by atoms with van der Waals surface area (Å²) in [7, 11) is 1.62. The zero-order chi connectivity index (χ0) is 21.1. The Balaban J connectivity index is 1.66. The van der Waals surface area contributed by atoms with Gasteiger partial charge in [0.25, 0.3) is 5.91 Å². The number of carbonyl (C=O) groups excluding carboxylic acids is 2. The smallest absolute Gasteiger partial charge is 0.359 e. The molecule has 156 valence electrons. The predicted octanol–water partition coefficient (Wildman–Crippen LogP) is 2.17. The van der Waals surface area contributed by atoms with Crippen LogP contribution in [0.25, 0.3) is 0 Å². The Morgan fingerprint density at radius 1 is 1.30 bits per heavy atom. The van der Waals surface area contributed by atoms with E-state index in [1.54, 1.807) is 18.9 Å². The molecule has 0 bridgehead atoms. The topological polar surface area (TPSA) is 99.4 Å². The van der Waals surface area contributed by atoms with Gasteiger partial charge in [-0.2, -0.15) is 13.8 Å². The molecule has 1 aliphatic heterocycles. The van der Waals surface area contributed by atoms with E-state index in [9.17, 15) is 9.59 Å². The molecule has 9 nitrogen and oxygen atoms in total. The normalized spacial score (nSPS) is 13.1. The number of fused-ring (bicyclic) bond motifs is 1. The minimum absolute atomic E-state index is 0.204. The third kappa shape index (κ3) is 3.90. The Morgan fingerprint density at radius 2 is 2.17 bits per heavy atom. The second-order valence-electron chi connectivity index (χ2n) is 6.77. The van der Waals surface area contributed by atoms with Gasteiger partial charge in [-0.15, -0.1) is 0 Å². The number of carbonyl (C=O) groups is 2. The lowest BCUT2D eigenvalue weighted by atomic mass is 10.0. The number of ether oxygens (including phenoxy) is 2. The van der Waals surface area contributed by atoms with Crippen LogP contribution in [0.4, 0.5) is 0 Å². The number of amides is 1. The van der Waals surface area contributed by atoms with Crippen molar-refractivity contribution in [1.29, 1.82) is 0 Å². The van der Waals surface area contributed by atoms with Crippen molar-refractivity contribution in [3.8, 4) is 5.75 Å². The van der Waals surface area contributed by atoms with E-state index in [0.29, 0.717) is 25.2 Å². The van der Waals surface area contributed by atoms with Crippen LogP contribution in [0.3, 0.4) is 0 Å². The van der Waals surface area contributed by atoms with Crippen molar-refractivity contribution < 1.29 is 19.1 Å². The Kier molecular flexibility index (Phi) is 5.75. The minimum Gasteiger partial charge on any atom is -0.497 e. The van der Waals surface area contributed by atoms with Crippen LogP contribution in [0.5, 0.6) is 5.75 Å². The highest BCUT2D eigenvalue weighted by atomic mass is 32.1. The maximum atomic E-state index is 12.7. The Bertz CT molecular complexity index is 1060. The molecule has 0 saturated heterocycles. The quantitative estimate of drug-likeness (QED) is 0.556. The number of esters is 1. The molecule has 1 amide bonds. The van der Waals surface area contributed by atoms with Gasteiger partial charge in [-0.05, 0) is 24.6 Å². The molecule has 10 heteroatoms. The molecule has 0 unspecified atom stereocenters. The number of nitrogens with zero attached hydrogens (tertiary/aromatic N) is 5. The zero-order valence-electron chi connectivity index (χ0n) is 16.7. The van der Waals surface area contributed by atoms with Crippen molar-refractivity contribution in [2.75, 3.05) is 20.3 Å². The average molecular weight is 427 g/mol. The van der Waals surface area contributed by atoms with Gasteiger partial charge in [-0.1, -0.05) is 12.1 Å². The molecule has 0 radical (unpaired) electrons. The largest absolute Gasteiger partial charge is 0.497 e. The zero-order valence-corrected chi connectivity index (χ0v) is 17.5. The molecule has 2 aromatic heterocycles. The van der Waals surface area contributed by atoms with Crippen LogP contribution in [0.1, 0.15) is 44.7 Å². The van der Waals surface area contributed by atoms with Crippen LogP contribution >= 0.6 is 11.7 Å². The first kappa shape index (κ1) is 20.0. The number of methoxy groups -OCH3 is 1. The molecule has 1 aromatic carbocycles. The molecule has 1 aliphatic rings. The van der Waals surface area contributed by atoms with Crippen molar-refractivity contribution in [2.24, 2.45) is 0 Å². The molecule has 0 saturated carbocycles. The molecule has 0 atom stereocenters. The Morgan fingerprint density at radius 3 is 2.90 bits per heavy atom. The first-order valence-corrected chi connectivity index (χ1v) is 10.3. The highest BCUT2D eigenvalue weighted by Gasteiger charge is 2.31. The first-order chi connectivity index (χ1) is 14.6. The van der Waals surface area contributed by atoms with Crippen molar-refractivity contribution in [3.05, 3.63) is 58.7 Å². The summed E-state index contributed by atoms with van der Waals surface area (Å²) in [5, 5.41) is 4.56. The van der Waals surface area contributed by atoms with Crippen LogP contribution in [-0.2, 0) is 24.2 Å². The second-order valence-corrected chi connectivity index (χ2v) is 7.33. The predicted molar refractivity (Wildman–Crippen MR) is 109 cm³/mol. The van der Waals surface area contributed by atoms with Crippen LogP contribution in [0.15, 0.2) is 30.5 Å². The van der Waals surface area contributed by atoms with Crippen molar-refractivity contribution in [2.45, 2.75) is 26.4 Å². The van der Waals surface area contributed by atoms with Gasteiger partial charge in [0, 0.05) is 24.2 Å². The van der Waals surface area contributed by atoms with E-state index in [4.69, 9.17) is 9.47 Å². The number of rotatable bonds is 6. The SMILES string of the molecule is CCOC(=O)c1nn(Cc2cccc(OC)c2)c2c1CN(C(=O)c1cnsn1)CC2. The molecule has 4 rings (SSSR count). The fourth-order valence-electron chi connectivity index (χ4n) is 3.52. The highest BCUT2D eigenvalue weighted by molar-refractivity contribution is 6.99. The molecule has 30 heavy (non-hydrogen) atoms. The van der Waals surface area contributed by atoms with Crippen LogP contribution in [0, 0.1) is 0 Å². The van der Waals surface area contributed by atoms with Crippen molar-refractivity contribution in [3.63, 3.8) is 0 Å². The van der Waals surface area contributed by atoms with Crippen molar-refractivity contribution in [1.82, 2.24) is 23.4 Å². The van der Waals surface area contributed by atoms with Crippen LogP contribution in [-0.4, -0.2) is 55.6 Å². The summed E-state index contributed by atoms with van der Waals surface area (Å²) in [4.78, 5) is 26.9. The molecule has 3 aromatic rings. The van der Waals surface area contributed by atoms with Gasteiger partial charge in [0.15, 0.2) is 11.4 Å². The second kappa shape index (κ2) is 8.62. The Labute approximate surface area is 177 Å². The third-order valence-corrected chi connectivity index (χ3v) is 5.41. The standard InChI is InChI=1S/C20H21N5O4S/c1-3-29-20(27)18-15-12-24(19(26)16-10-21-30-23-16)8-7-17(15)25(22-18)11-13-5-4-6-14(9-13)28-2/h4-6,9-10H,3,7-8,11-12H2,1-2H3. The summed E-state index contributed by atoms with van der Waals surface area (Å²) >= 11 is 0.992. The van der Waals surface area contributed by atoms with E-state index in [1.807, 2.05) is 28.9 Å². The molecule has 0 aliphatic carbocycles. The fourth-order valence-corrected chi connectivity index (χ4v) is 3.93. The van der Waals surface area contributed by atoms with Gasteiger partial charge in [0.2, 0.25) is 0 Å². The van der Waals surface area contributed by atoms with E-state index in [1.165, 1.54) is 6.20 Å². The maximum Gasteiger partial charge on any atom is 0.359 e. The molecule has 0 fully saturated rings. The molecule has 0 N–H and O–H groups in total. The lowest BCUT2D eigenvalue weighted by molar-refractivity contribution is 0.0513. The van der Waals surface area contributed by atoms with Gasteiger partial charge in [-0.3, -0.25) is 9.48 Å². The fraction of sp³-hybridized carbons (Fsp3) is 0.350. The van der Waals surface area contributed by atoms with E-state index in [0.717, 1.165) is 34.3 Å². The monoisotopic (exact) mass is 427 g/mol. The van der Waals surface area contributed by atoms with E-state index in [-0.39, 0.29) is 24.8 Å². The van der Waals surface area contributed by atoms with Crippen LogP contribution in [0.2, 0.25) is 0 Å². The molecule has 3 heterocycles. The van der Waals surface area contributed by atoms with Crippen LogP contribution < -0.4 is 4.74 Å². The minimum atomic E-state index is -0.484. The number of aromatic nitrogens is 4. The summed E-state index contributed by atoms with van der Waals surface area (Å²) < 4.78 is 20.2. The van der Waals surface area contributed by atoms with E-state index < -0.39 is 5.97 Å². The van der Waals surface area contributed by atoms with Gasteiger partial charge in [0.05, 0.1) is 44.7 Å². The summed E-state index contributed by atoms with van der Waals surface area (Å²) in [6, 6.07) is 7.71. The summed E-state index contributed by atoms with van der Waals surface area (Å²) in [5.41, 5.74) is 3.22. The van der Waals surface area contributed by atoms with Gasteiger partial charge in [0.1, 0.15) is 5.75 Å². The lowest BCUT2D eigenvalue weighted by Crippen LogP contribution is -2.37. The Hall–Kier alpha value is -3.27. The average Bonchev–Trinajstić information content (AvgIpc) is 3.42. The summed E-state index contributed by atoms with van der Waals surface area (Å²) in [6.45, 7) is 3.28. The maximum absolute atomic E-state index is 12.7. The van der Waals surface area contributed by atoms with E-state index in [2.05, 4.69) is 13.8 Å². The van der Waals surface area contributed by atoms with Gasteiger partial charge in [-0.25, -0.2) is 4.79 Å². The first-order valence-electron chi connectivity index (χ1n) is 9.56. The lowest BCUT2D eigenvalue weighted by Gasteiger charge is -2.27. The van der Waals surface area contributed by atoms with Gasteiger partial charge >= 0.3 is 5.97 Å². The summed E-state index contributed by atoms with van der Waals surface area (Å²) in [6.07, 6.45) is 2.04. The van der Waals surface area contributed by atoms with Gasteiger partial charge < -0.3 is 14.4 Å².